The molecular weight excluding hydrogens is 346 g/mol. The Bertz CT molecular complexity index is 791. The average Bonchev–Trinajstić information content (AvgIpc) is 2.62. The molecule has 0 aliphatic heterocycles. The van der Waals surface area contributed by atoms with Gasteiger partial charge in [0, 0.05) is 23.4 Å². The number of amides is 2. The van der Waals surface area contributed by atoms with Gasteiger partial charge in [-0.2, -0.15) is 0 Å². The SMILES string of the molecule is CCCCC(=O)NC(=S)Nc1ccc(NC(=O)c2ccccc2)c(C)c1. The van der Waals surface area contributed by atoms with Gasteiger partial charge in [-0.25, -0.2) is 0 Å². The lowest BCUT2D eigenvalue weighted by molar-refractivity contribution is -0.119. The molecule has 0 aliphatic rings. The second-order valence-corrected chi connectivity index (χ2v) is 6.36. The molecule has 26 heavy (non-hydrogen) atoms. The summed E-state index contributed by atoms with van der Waals surface area (Å²) in [4.78, 5) is 23.9. The molecule has 2 amide bonds. The van der Waals surface area contributed by atoms with E-state index in [1.165, 1.54) is 0 Å². The molecular formula is C20H23N3O2S. The fourth-order valence-corrected chi connectivity index (χ4v) is 2.59. The van der Waals surface area contributed by atoms with Crippen LogP contribution in [0.15, 0.2) is 48.5 Å². The van der Waals surface area contributed by atoms with E-state index in [1.807, 2.05) is 38.1 Å². The first-order valence-corrected chi connectivity index (χ1v) is 8.98. The zero-order valence-corrected chi connectivity index (χ0v) is 15.8. The Morgan fingerprint density at radius 3 is 2.42 bits per heavy atom. The predicted molar refractivity (Wildman–Crippen MR) is 109 cm³/mol. The number of carbonyl (C=O) groups excluding carboxylic acids is 2. The summed E-state index contributed by atoms with van der Waals surface area (Å²) in [6.45, 7) is 3.93. The van der Waals surface area contributed by atoms with Gasteiger partial charge in [0.25, 0.3) is 5.91 Å². The first-order valence-electron chi connectivity index (χ1n) is 8.57. The topological polar surface area (TPSA) is 70.2 Å². The van der Waals surface area contributed by atoms with E-state index in [4.69, 9.17) is 12.2 Å². The molecule has 2 rings (SSSR count). The Labute approximate surface area is 159 Å². The Hall–Kier alpha value is -2.73. The third-order valence-electron chi connectivity index (χ3n) is 3.78. The van der Waals surface area contributed by atoms with Crippen molar-refractivity contribution in [3.63, 3.8) is 0 Å². The van der Waals surface area contributed by atoms with Crippen molar-refractivity contribution in [2.24, 2.45) is 0 Å². The minimum absolute atomic E-state index is 0.0900. The quantitative estimate of drug-likeness (QED) is 0.666. The van der Waals surface area contributed by atoms with Crippen LogP contribution in [0, 0.1) is 6.92 Å². The van der Waals surface area contributed by atoms with E-state index < -0.39 is 0 Å². The number of unbranched alkanes of at least 4 members (excludes halogenated alkanes) is 1. The monoisotopic (exact) mass is 369 g/mol. The molecule has 0 aliphatic carbocycles. The van der Waals surface area contributed by atoms with Crippen molar-refractivity contribution < 1.29 is 9.59 Å². The van der Waals surface area contributed by atoms with Crippen LogP contribution >= 0.6 is 12.2 Å². The number of thiocarbonyl (C=S) groups is 1. The molecule has 2 aromatic rings. The highest BCUT2D eigenvalue weighted by atomic mass is 32.1. The van der Waals surface area contributed by atoms with Crippen LogP contribution in [0.1, 0.15) is 42.1 Å². The van der Waals surface area contributed by atoms with Crippen LogP contribution in [0.4, 0.5) is 11.4 Å². The maximum atomic E-state index is 12.2. The number of anilines is 2. The Morgan fingerprint density at radius 1 is 1.04 bits per heavy atom. The lowest BCUT2D eigenvalue weighted by atomic mass is 10.1. The summed E-state index contributed by atoms with van der Waals surface area (Å²) in [6, 6.07) is 14.5. The van der Waals surface area contributed by atoms with E-state index in [9.17, 15) is 9.59 Å². The molecule has 0 aromatic heterocycles. The highest BCUT2D eigenvalue weighted by molar-refractivity contribution is 7.80. The average molecular weight is 369 g/mol. The van der Waals surface area contributed by atoms with E-state index in [0.29, 0.717) is 12.0 Å². The van der Waals surface area contributed by atoms with E-state index in [2.05, 4.69) is 16.0 Å². The highest BCUT2D eigenvalue weighted by Crippen LogP contribution is 2.20. The van der Waals surface area contributed by atoms with Crippen molar-refractivity contribution in [3.05, 3.63) is 59.7 Å². The molecule has 0 saturated carbocycles. The van der Waals surface area contributed by atoms with Gasteiger partial charge in [0.2, 0.25) is 5.91 Å². The molecule has 0 atom stereocenters. The van der Waals surface area contributed by atoms with Crippen molar-refractivity contribution in [2.45, 2.75) is 33.1 Å². The summed E-state index contributed by atoms with van der Waals surface area (Å²) in [5.74, 6) is -0.249. The molecule has 0 spiro atoms. The summed E-state index contributed by atoms with van der Waals surface area (Å²) in [6.07, 6.45) is 2.26. The third-order valence-corrected chi connectivity index (χ3v) is 3.98. The second kappa shape index (κ2) is 9.68. The fraction of sp³-hybridized carbons (Fsp3) is 0.250. The van der Waals surface area contributed by atoms with Crippen molar-refractivity contribution in [3.8, 4) is 0 Å². The summed E-state index contributed by atoms with van der Waals surface area (Å²) in [5.41, 5.74) is 2.97. The van der Waals surface area contributed by atoms with Crippen LogP contribution in [0.25, 0.3) is 0 Å². The lowest BCUT2D eigenvalue weighted by Gasteiger charge is -2.13. The minimum atomic E-state index is -0.159. The van der Waals surface area contributed by atoms with E-state index in [0.717, 1.165) is 29.8 Å². The zero-order chi connectivity index (χ0) is 18.9. The third kappa shape index (κ3) is 5.97. The van der Waals surface area contributed by atoms with Crippen LogP contribution in [0.5, 0.6) is 0 Å². The van der Waals surface area contributed by atoms with Gasteiger partial charge in [-0.1, -0.05) is 31.5 Å². The maximum Gasteiger partial charge on any atom is 0.255 e. The van der Waals surface area contributed by atoms with Crippen molar-refractivity contribution in [1.82, 2.24) is 5.32 Å². The summed E-state index contributed by atoms with van der Waals surface area (Å²) in [7, 11) is 0. The second-order valence-electron chi connectivity index (χ2n) is 5.96. The molecule has 6 heteroatoms. The van der Waals surface area contributed by atoms with Gasteiger partial charge in [0.05, 0.1) is 0 Å². The van der Waals surface area contributed by atoms with Crippen molar-refractivity contribution in [2.75, 3.05) is 10.6 Å². The predicted octanol–water partition coefficient (Wildman–Crippen LogP) is 4.25. The Balaban J connectivity index is 1.95. The molecule has 0 saturated heterocycles. The molecule has 0 unspecified atom stereocenters. The maximum absolute atomic E-state index is 12.2. The van der Waals surface area contributed by atoms with Gasteiger partial charge < -0.3 is 16.0 Å². The molecule has 3 N–H and O–H groups in total. The first-order chi connectivity index (χ1) is 12.5. The standard InChI is InChI=1S/C20H23N3O2S/c1-3-4-10-18(24)23-20(26)21-16-11-12-17(14(2)13-16)22-19(25)15-8-6-5-7-9-15/h5-9,11-13H,3-4,10H2,1-2H3,(H,22,25)(H2,21,23,24,26). The zero-order valence-electron chi connectivity index (χ0n) is 15.0. The summed E-state index contributed by atoms with van der Waals surface area (Å²) in [5, 5.41) is 8.81. The number of hydrogen-bond acceptors (Lipinski definition) is 3. The molecule has 5 nitrogen and oxygen atoms in total. The van der Waals surface area contributed by atoms with E-state index >= 15 is 0 Å². The van der Waals surface area contributed by atoms with E-state index in [-0.39, 0.29) is 16.9 Å². The number of rotatable bonds is 6. The number of carbonyl (C=O) groups is 2. The van der Waals surface area contributed by atoms with Gasteiger partial charge >= 0.3 is 0 Å². The van der Waals surface area contributed by atoms with Gasteiger partial charge in [-0.05, 0) is 61.5 Å². The number of benzene rings is 2. The number of aryl methyl sites for hydroxylation is 1. The molecule has 0 radical (unpaired) electrons. The van der Waals surface area contributed by atoms with Gasteiger partial charge in [-0.15, -0.1) is 0 Å². The van der Waals surface area contributed by atoms with Crippen LogP contribution in [0.3, 0.4) is 0 Å². The van der Waals surface area contributed by atoms with Crippen LogP contribution < -0.4 is 16.0 Å². The smallest absolute Gasteiger partial charge is 0.255 e. The Morgan fingerprint density at radius 2 is 1.77 bits per heavy atom. The minimum Gasteiger partial charge on any atom is -0.332 e. The highest BCUT2D eigenvalue weighted by Gasteiger charge is 2.09. The number of nitrogens with one attached hydrogen (secondary N) is 3. The molecule has 136 valence electrons. The van der Waals surface area contributed by atoms with Crippen LogP contribution in [-0.2, 0) is 4.79 Å². The lowest BCUT2D eigenvalue weighted by Crippen LogP contribution is -2.33. The summed E-state index contributed by atoms with van der Waals surface area (Å²) >= 11 is 5.16. The van der Waals surface area contributed by atoms with Crippen LogP contribution in [0.2, 0.25) is 0 Å². The normalized spacial score (nSPS) is 10.1. The molecule has 0 fully saturated rings. The summed E-state index contributed by atoms with van der Waals surface area (Å²) < 4.78 is 0. The first kappa shape index (κ1) is 19.6. The van der Waals surface area contributed by atoms with Crippen LogP contribution in [-0.4, -0.2) is 16.9 Å². The Kier molecular flexibility index (Phi) is 7.29. The van der Waals surface area contributed by atoms with Gasteiger partial charge in [0.1, 0.15) is 0 Å². The van der Waals surface area contributed by atoms with Crippen molar-refractivity contribution in [1.29, 1.82) is 0 Å². The molecule has 0 heterocycles. The molecule has 2 aromatic carbocycles. The molecule has 0 bridgehead atoms. The van der Waals surface area contributed by atoms with E-state index in [1.54, 1.807) is 24.3 Å². The number of hydrogen-bond donors (Lipinski definition) is 3. The fourth-order valence-electron chi connectivity index (χ4n) is 2.35. The van der Waals surface area contributed by atoms with Gasteiger partial charge in [-0.3, -0.25) is 9.59 Å². The van der Waals surface area contributed by atoms with Gasteiger partial charge in [0.15, 0.2) is 5.11 Å². The van der Waals surface area contributed by atoms with Crippen molar-refractivity contribution >= 4 is 40.5 Å². The largest absolute Gasteiger partial charge is 0.332 e.